The highest BCUT2D eigenvalue weighted by Crippen LogP contribution is 2.20. The number of carbonyl (C=O) groups is 1. The van der Waals surface area contributed by atoms with E-state index in [1.165, 1.54) is 6.08 Å². The first-order valence-corrected chi connectivity index (χ1v) is 3.99. The molecule has 0 fully saturated rings. The first kappa shape index (κ1) is 8.84. The largest absolute Gasteiger partial charge is 0.515 e. The van der Waals surface area contributed by atoms with Crippen molar-refractivity contribution in [3.05, 3.63) is 23.7 Å². The molecule has 66 valence electrons. The Morgan fingerprint density at radius 3 is 2.92 bits per heavy atom. The molecule has 0 bridgehead atoms. The van der Waals surface area contributed by atoms with Crippen LogP contribution in [0.1, 0.15) is 19.8 Å². The van der Waals surface area contributed by atoms with Crippen molar-refractivity contribution in [2.75, 3.05) is 6.61 Å². The van der Waals surface area contributed by atoms with Crippen LogP contribution < -0.4 is 0 Å². The summed E-state index contributed by atoms with van der Waals surface area (Å²) in [5.74, 6) is 0.570. The molecule has 0 amide bonds. The summed E-state index contributed by atoms with van der Waals surface area (Å²) in [5.41, 5.74) is 0.457. The molecular weight excluding hydrogens is 156 g/mol. The van der Waals surface area contributed by atoms with Crippen LogP contribution in [0.15, 0.2) is 23.7 Å². The summed E-state index contributed by atoms with van der Waals surface area (Å²) in [6.07, 6.45) is 3.59. The van der Waals surface area contributed by atoms with Crippen molar-refractivity contribution in [2.24, 2.45) is 0 Å². The summed E-state index contributed by atoms with van der Waals surface area (Å²) in [7, 11) is 0. The minimum absolute atomic E-state index is 0.146. The first-order chi connectivity index (χ1) is 5.77. The van der Waals surface area contributed by atoms with Crippen LogP contribution in [0, 0.1) is 0 Å². The Balaban J connectivity index is 2.68. The second kappa shape index (κ2) is 3.95. The van der Waals surface area contributed by atoms with Crippen molar-refractivity contribution in [3.63, 3.8) is 0 Å². The lowest BCUT2D eigenvalue weighted by Gasteiger charge is -2.13. The molecule has 0 aromatic heterocycles. The molecule has 3 nitrogen and oxygen atoms in total. The average Bonchev–Trinajstić information content (AvgIpc) is 2.05. The van der Waals surface area contributed by atoms with Crippen LogP contribution in [0.4, 0.5) is 0 Å². The van der Waals surface area contributed by atoms with Crippen LogP contribution in [-0.2, 0) is 9.53 Å². The van der Waals surface area contributed by atoms with E-state index in [-0.39, 0.29) is 5.78 Å². The number of allylic oxidation sites excluding steroid dienone is 3. The minimum Gasteiger partial charge on any atom is -0.515 e. The molecule has 12 heavy (non-hydrogen) atoms. The number of rotatable bonds is 2. The van der Waals surface area contributed by atoms with Gasteiger partial charge in [-0.05, 0) is 13.3 Å². The molecule has 0 saturated heterocycles. The van der Waals surface area contributed by atoms with E-state index in [1.807, 2.05) is 6.92 Å². The highest BCUT2D eigenvalue weighted by atomic mass is 16.5. The lowest BCUT2D eigenvalue weighted by Crippen LogP contribution is -2.08. The van der Waals surface area contributed by atoms with Gasteiger partial charge in [-0.3, -0.25) is 4.79 Å². The summed E-state index contributed by atoms with van der Waals surface area (Å²) in [6, 6.07) is 0. The molecule has 0 radical (unpaired) electrons. The summed E-state index contributed by atoms with van der Waals surface area (Å²) >= 11 is 0. The van der Waals surface area contributed by atoms with Crippen LogP contribution >= 0.6 is 0 Å². The number of aliphatic hydroxyl groups is 1. The summed E-state index contributed by atoms with van der Waals surface area (Å²) in [5, 5.41) is 8.62. The van der Waals surface area contributed by atoms with E-state index in [0.29, 0.717) is 30.8 Å². The topological polar surface area (TPSA) is 46.5 Å². The number of ketones is 1. The molecule has 1 rings (SSSR count). The van der Waals surface area contributed by atoms with E-state index in [9.17, 15) is 4.79 Å². The van der Waals surface area contributed by atoms with E-state index in [0.717, 1.165) is 6.26 Å². The smallest absolute Gasteiger partial charge is 0.188 e. The lowest BCUT2D eigenvalue weighted by molar-refractivity contribution is -0.112. The van der Waals surface area contributed by atoms with Crippen molar-refractivity contribution in [1.82, 2.24) is 0 Å². The van der Waals surface area contributed by atoms with Crippen LogP contribution in [0.5, 0.6) is 0 Å². The second-order valence-corrected chi connectivity index (χ2v) is 2.56. The van der Waals surface area contributed by atoms with Gasteiger partial charge in [0.2, 0.25) is 0 Å². The van der Waals surface area contributed by atoms with Crippen LogP contribution in [-0.4, -0.2) is 17.5 Å². The van der Waals surface area contributed by atoms with Gasteiger partial charge in [0, 0.05) is 18.1 Å². The first-order valence-electron chi connectivity index (χ1n) is 3.99. The van der Waals surface area contributed by atoms with Gasteiger partial charge in [0.05, 0.1) is 12.9 Å². The molecule has 3 heteroatoms. The number of ether oxygens (including phenoxy) is 1. The highest BCUT2D eigenvalue weighted by Gasteiger charge is 2.15. The van der Waals surface area contributed by atoms with Gasteiger partial charge in [-0.1, -0.05) is 0 Å². The summed E-state index contributed by atoms with van der Waals surface area (Å²) < 4.78 is 5.18. The van der Waals surface area contributed by atoms with Gasteiger partial charge in [-0.15, -0.1) is 0 Å². The third kappa shape index (κ3) is 1.87. The molecule has 0 saturated carbocycles. The maximum absolute atomic E-state index is 11.1. The fourth-order valence-electron chi connectivity index (χ4n) is 1.12. The van der Waals surface area contributed by atoms with E-state index >= 15 is 0 Å². The standard InChI is InChI=1S/C9H12O3/c1-2-12-8-4-3-7(6-10)9(11)5-8/h5-6,10H,2-4H2,1H3/b7-6+. The van der Waals surface area contributed by atoms with Crippen LogP contribution in [0.25, 0.3) is 0 Å². The molecule has 0 spiro atoms. The van der Waals surface area contributed by atoms with E-state index in [2.05, 4.69) is 0 Å². The summed E-state index contributed by atoms with van der Waals surface area (Å²) in [4.78, 5) is 11.1. The molecule has 0 atom stereocenters. The zero-order valence-corrected chi connectivity index (χ0v) is 7.04. The predicted molar refractivity (Wildman–Crippen MR) is 44.7 cm³/mol. The second-order valence-electron chi connectivity index (χ2n) is 2.56. The highest BCUT2D eigenvalue weighted by molar-refractivity contribution is 6.04. The Bertz CT molecular complexity index is 238. The Hall–Kier alpha value is -1.25. The Kier molecular flexibility index (Phi) is 2.91. The Morgan fingerprint density at radius 1 is 1.67 bits per heavy atom. The zero-order valence-electron chi connectivity index (χ0n) is 7.04. The van der Waals surface area contributed by atoms with E-state index in [4.69, 9.17) is 9.84 Å². The van der Waals surface area contributed by atoms with Gasteiger partial charge in [-0.2, -0.15) is 0 Å². The van der Waals surface area contributed by atoms with Crippen LogP contribution in [0.2, 0.25) is 0 Å². The quantitative estimate of drug-likeness (QED) is 0.504. The zero-order chi connectivity index (χ0) is 8.97. The fraction of sp³-hybridized carbons (Fsp3) is 0.444. The predicted octanol–water partition coefficient (Wildman–Crippen LogP) is 1.71. The monoisotopic (exact) mass is 168 g/mol. The van der Waals surface area contributed by atoms with Gasteiger partial charge in [0.15, 0.2) is 5.78 Å². The number of carbonyl (C=O) groups excluding carboxylic acids is 1. The van der Waals surface area contributed by atoms with Crippen molar-refractivity contribution in [3.8, 4) is 0 Å². The van der Waals surface area contributed by atoms with Crippen molar-refractivity contribution < 1.29 is 14.6 Å². The molecule has 0 aliphatic heterocycles. The molecule has 0 heterocycles. The van der Waals surface area contributed by atoms with Crippen molar-refractivity contribution in [1.29, 1.82) is 0 Å². The van der Waals surface area contributed by atoms with Gasteiger partial charge < -0.3 is 9.84 Å². The Morgan fingerprint density at radius 2 is 2.42 bits per heavy atom. The average molecular weight is 168 g/mol. The fourth-order valence-corrected chi connectivity index (χ4v) is 1.12. The molecule has 0 aromatic rings. The molecule has 1 aliphatic rings. The molecular formula is C9H12O3. The minimum atomic E-state index is -0.146. The number of aliphatic hydroxyl groups excluding tert-OH is 1. The van der Waals surface area contributed by atoms with E-state index in [1.54, 1.807) is 0 Å². The molecule has 0 aromatic carbocycles. The third-order valence-corrected chi connectivity index (χ3v) is 1.73. The summed E-state index contributed by atoms with van der Waals surface area (Å²) in [6.45, 7) is 2.46. The van der Waals surface area contributed by atoms with Crippen LogP contribution in [0.3, 0.4) is 0 Å². The van der Waals surface area contributed by atoms with E-state index < -0.39 is 0 Å². The SMILES string of the molecule is CCOC1=CC(=O)/C(=C/O)CC1. The molecule has 1 aliphatic carbocycles. The maximum atomic E-state index is 11.1. The van der Waals surface area contributed by atoms with Crippen molar-refractivity contribution >= 4 is 5.78 Å². The lowest BCUT2D eigenvalue weighted by atomic mass is 10.00. The van der Waals surface area contributed by atoms with Gasteiger partial charge in [0.1, 0.15) is 5.76 Å². The molecule has 0 unspecified atom stereocenters. The van der Waals surface area contributed by atoms with Gasteiger partial charge >= 0.3 is 0 Å². The Labute approximate surface area is 71.3 Å². The maximum Gasteiger partial charge on any atom is 0.188 e. The van der Waals surface area contributed by atoms with Gasteiger partial charge in [0.25, 0.3) is 0 Å². The third-order valence-electron chi connectivity index (χ3n) is 1.73. The van der Waals surface area contributed by atoms with Gasteiger partial charge in [-0.25, -0.2) is 0 Å². The number of hydrogen-bond donors (Lipinski definition) is 1. The van der Waals surface area contributed by atoms with Crippen molar-refractivity contribution in [2.45, 2.75) is 19.8 Å². The number of hydrogen-bond acceptors (Lipinski definition) is 3. The normalized spacial score (nSPS) is 20.9. The molecule has 1 N–H and O–H groups in total.